The van der Waals surface area contributed by atoms with Crippen molar-refractivity contribution in [2.24, 2.45) is 0 Å². The number of aromatic nitrogens is 1. The van der Waals surface area contributed by atoms with Gasteiger partial charge in [0.15, 0.2) is 5.78 Å². The maximum Gasteiger partial charge on any atom is 0.219 e. The van der Waals surface area contributed by atoms with Gasteiger partial charge in [-0.15, -0.1) is 0 Å². The number of hydrogen-bond acceptors (Lipinski definition) is 4. The molecule has 1 heterocycles. The summed E-state index contributed by atoms with van der Waals surface area (Å²) in [5, 5.41) is 8.87. The number of carbonyl (C=O) groups excluding carboxylic acids is 1. The Hall–Kier alpha value is -2.67. The van der Waals surface area contributed by atoms with Crippen LogP contribution in [0, 0.1) is 18.3 Å². The van der Waals surface area contributed by atoms with E-state index in [4.69, 9.17) is 10.00 Å². The van der Waals surface area contributed by atoms with Crippen molar-refractivity contribution in [3.63, 3.8) is 0 Å². The zero-order valence-electron chi connectivity index (χ0n) is 10.7. The summed E-state index contributed by atoms with van der Waals surface area (Å²) in [6.45, 7) is 3.37. The van der Waals surface area contributed by atoms with Crippen molar-refractivity contribution >= 4 is 5.78 Å². The number of nitriles is 1. The normalized spacial score (nSPS) is 9.74. The quantitative estimate of drug-likeness (QED) is 0.786. The lowest BCUT2D eigenvalue weighted by atomic mass is 10.1. The number of rotatable bonds is 3. The number of nitrogens with zero attached hydrogens (tertiary/aromatic N) is 2. The number of aryl methyl sites for hydroxylation is 1. The van der Waals surface area contributed by atoms with Crippen molar-refractivity contribution in [3.8, 4) is 17.7 Å². The zero-order valence-corrected chi connectivity index (χ0v) is 10.7. The molecule has 0 aliphatic heterocycles. The van der Waals surface area contributed by atoms with Gasteiger partial charge in [0, 0.05) is 17.8 Å². The Labute approximate surface area is 111 Å². The zero-order chi connectivity index (χ0) is 13.8. The molecule has 0 unspecified atom stereocenters. The van der Waals surface area contributed by atoms with Crippen molar-refractivity contribution in [2.75, 3.05) is 0 Å². The minimum absolute atomic E-state index is 0.0465. The number of ether oxygens (including phenoxy) is 1. The van der Waals surface area contributed by atoms with Crippen LogP contribution < -0.4 is 4.74 Å². The molecule has 1 aromatic carbocycles. The summed E-state index contributed by atoms with van der Waals surface area (Å²) >= 11 is 0. The average molecular weight is 252 g/mol. The molecular weight excluding hydrogens is 240 g/mol. The molecule has 0 atom stereocenters. The Morgan fingerprint density at radius 1 is 1.32 bits per heavy atom. The topological polar surface area (TPSA) is 63.0 Å². The summed E-state index contributed by atoms with van der Waals surface area (Å²) in [6.07, 6.45) is 1.52. The van der Waals surface area contributed by atoms with Gasteiger partial charge in [-0.3, -0.25) is 4.79 Å². The third kappa shape index (κ3) is 2.96. The molecular formula is C15H12N2O2. The first-order valence-electron chi connectivity index (χ1n) is 5.76. The Morgan fingerprint density at radius 2 is 2.11 bits per heavy atom. The van der Waals surface area contributed by atoms with Crippen molar-refractivity contribution in [1.29, 1.82) is 5.26 Å². The van der Waals surface area contributed by atoms with E-state index in [1.54, 1.807) is 24.3 Å². The van der Waals surface area contributed by atoms with E-state index in [1.807, 2.05) is 13.0 Å². The van der Waals surface area contributed by atoms with Gasteiger partial charge in [-0.1, -0.05) is 6.07 Å². The molecule has 0 saturated heterocycles. The summed E-state index contributed by atoms with van der Waals surface area (Å²) in [4.78, 5) is 15.3. The van der Waals surface area contributed by atoms with Crippen molar-refractivity contribution in [3.05, 3.63) is 53.2 Å². The lowest BCUT2D eigenvalue weighted by Crippen LogP contribution is -1.96. The van der Waals surface area contributed by atoms with Crippen LogP contribution in [0.15, 0.2) is 36.5 Å². The molecule has 0 fully saturated rings. The molecule has 0 amide bonds. The second-order valence-electron chi connectivity index (χ2n) is 4.13. The minimum Gasteiger partial charge on any atom is -0.439 e. The van der Waals surface area contributed by atoms with Gasteiger partial charge in [-0.05, 0) is 37.6 Å². The van der Waals surface area contributed by atoms with Crippen LogP contribution in [-0.2, 0) is 0 Å². The molecule has 0 bridgehead atoms. The largest absolute Gasteiger partial charge is 0.439 e. The van der Waals surface area contributed by atoms with E-state index >= 15 is 0 Å². The van der Waals surface area contributed by atoms with E-state index in [-0.39, 0.29) is 5.78 Å². The molecule has 2 aromatic rings. The van der Waals surface area contributed by atoms with Crippen LogP contribution in [0.2, 0.25) is 0 Å². The fraction of sp³-hybridized carbons (Fsp3) is 0.133. The molecule has 19 heavy (non-hydrogen) atoms. The number of hydrogen-bond donors (Lipinski definition) is 0. The first kappa shape index (κ1) is 12.8. The first-order valence-corrected chi connectivity index (χ1v) is 5.76. The number of benzene rings is 1. The van der Waals surface area contributed by atoms with Crippen LogP contribution in [0.4, 0.5) is 0 Å². The van der Waals surface area contributed by atoms with Gasteiger partial charge < -0.3 is 4.74 Å². The Kier molecular flexibility index (Phi) is 3.58. The van der Waals surface area contributed by atoms with Gasteiger partial charge in [0.05, 0.1) is 11.6 Å². The molecule has 0 radical (unpaired) electrons. The Balaban J connectivity index is 2.33. The van der Waals surface area contributed by atoms with Gasteiger partial charge in [0.2, 0.25) is 5.88 Å². The van der Waals surface area contributed by atoms with Crippen LogP contribution in [0.5, 0.6) is 11.6 Å². The molecule has 0 saturated carbocycles. The second kappa shape index (κ2) is 5.32. The van der Waals surface area contributed by atoms with Crippen molar-refractivity contribution in [1.82, 2.24) is 4.98 Å². The molecule has 0 aliphatic rings. The SMILES string of the molecule is CC(=O)c1ccnc(Oc2cc(C#N)ccc2C)c1. The summed E-state index contributed by atoms with van der Waals surface area (Å²) < 4.78 is 5.63. The van der Waals surface area contributed by atoms with E-state index in [1.165, 1.54) is 13.1 Å². The molecule has 4 heteroatoms. The highest BCUT2D eigenvalue weighted by atomic mass is 16.5. The number of Topliss-reactive ketones (excluding diaryl/α,β-unsaturated/α-hetero) is 1. The van der Waals surface area contributed by atoms with Crippen LogP contribution >= 0.6 is 0 Å². The molecule has 1 aromatic heterocycles. The van der Waals surface area contributed by atoms with E-state index < -0.39 is 0 Å². The van der Waals surface area contributed by atoms with E-state index in [2.05, 4.69) is 11.1 Å². The van der Waals surface area contributed by atoms with Gasteiger partial charge in [-0.25, -0.2) is 4.98 Å². The van der Waals surface area contributed by atoms with Crippen LogP contribution in [0.3, 0.4) is 0 Å². The number of pyridine rings is 1. The van der Waals surface area contributed by atoms with Gasteiger partial charge in [-0.2, -0.15) is 5.26 Å². The smallest absolute Gasteiger partial charge is 0.219 e. The first-order chi connectivity index (χ1) is 9.10. The fourth-order valence-corrected chi connectivity index (χ4v) is 1.58. The fourth-order valence-electron chi connectivity index (χ4n) is 1.58. The van der Waals surface area contributed by atoms with Crippen molar-refractivity contribution in [2.45, 2.75) is 13.8 Å². The predicted molar refractivity (Wildman–Crippen MR) is 70.2 cm³/mol. The second-order valence-corrected chi connectivity index (χ2v) is 4.13. The summed E-state index contributed by atoms with van der Waals surface area (Å²) in [6, 6.07) is 10.5. The van der Waals surface area contributed by atoms with Crippen LogP contribution in [0.1, 0.15) is 28.4 Å². The Bertz CT molecular complexity index is 672. The molecule has 4 nitrogen and oxygen atoms in total. The molecule has 0 spiro atoms. The standard InChI is InChI=1S/C15H12N2O2/c1-10-3-4-12(9-16)7-14(10)19-15-8-13(11(2)18)5-6-17-15/h3-8H,1-2H3. The van der Waals surface area contributed by atoms with Gasteiger partial charge >= 0.3 is 0 Å². The summed E-state index contributed by atoms with van der Waals surface area (Å²) in [7, 11) is 0. The summed E-state index contributed by atoms with van der Waals surface area (Å²) in [5.41, 5.74) is 1.96. The highest BCUT2D eigenvalue weighted by Crippen LogP contribution is 2.25. The average Bonchev–Trinajstić information content (AvgIpc) is 2.41. The highest BCUT2D eigenvalue weighted by Gasteiger charge is 2.06. The highest BCUT2D eigenvalue weighted by molar-refractivity contribution is 5.94. The maximum atomic E-state index is 11.3. The molecule has 0 aliphatic carbocycles. The van der Waals surface area contributed by atoms with E-state index in [0.717, 1.165) is 5.56 Å². The van der Waals surface area contributed by atoms with Gasteiger partial charge in [0.1, 0.15) is 5.75 Å². The summed E-state index contributed by atoms with van der Waals surface area (Å²) in [5.74, 6) is 0.855. The minimum atomic E-state index is -0.0465. The van der Waals surface area contributed by atoms with Crippen molar-refractivity contribution < 1.29 is 9.53 Å². The monoisotopic (exact) mass is 252 g/mol. The number of carbonyl (C=O) groups is 1. The van der Waals surface area contributed by atoms with E-state index in [0.29, 0.717) is 22.8 Å². The molecule has 94 valence electrons. The number of ketones is 1. The predicted octanol–water partition coefficient (Wildman–Crippen LogP) is 3.26. The maximum absolute atomic E-state index is 11.3. The Morgan fingerprint density at radius 3 is 2.79 bits per heavy atom. The third-order valence-electron chi connectivity index (χ3n) is 2.67. The lowest BCUT2D eigenvalue weighted by molar-refractivity contribution is 0.101. The van der Waals surface area contributed by atoms with Crippen LogP contribution in [0.25, 0.3) is 0 Å². The lowest BCUT2D eigenvalue weighted by Gasteiger charge is -2.08. The van der Waals surface area contributed by atoms with E-state index in [9.17, 15) is 4.79 Å². The molecule has 0 N–H and O–H groups in total. The third-order valence-corrected chi connectivity index (χ3v) is 2.67. The van der Waals surface area contributed by atoms with Crippen LogP contribution in [-0.4, -0.2) is 10.8 Å². The van der Waals surface area contributed by atoms with Gasteiger partial charge in [0.25, 0.3) is 0 Å². The molecule has 2 rings (SSSR count).